The fourth-order valence-electron chi connectivity index (χ4n) is 2.53. The van der Waals surface area contributed by atoms with Gasteiger partial charge in [-0.05, 0) is 42.0 Å². The molecular formula is C16H18FN3OS. The van der Waals surface area contributed by atoms with E-state index < -0.39 is 0 Å². The number of amides is 1. The zero-order chi connectivity index (χ0) is 15.4. The first-order chi connectivity index (χ1) is 10.7. The van der Waals surface area contributed by atoms with Crippen LogP contribution in [0.1, 0.15) is 22.9 Å². The van der Waals surface area contributed by atoms with E-state index in [0.717, 1.165) is 12.0 Å². The molecular weight excluding hydrogens is 301 g/mol. The van der Waals surface area contributed by atoms with E-state index in [4.69, 9.17) is 0 Å². The van der Waals surface area contributed by atoms with Gasteiger partial charge >= 0.3 is 0 Å². The van der Waals surface area contributed by atoms with Crippen molar-refractivity contribution in [3.8, 4) is 0 Å². The van der Waals surface area contributed by atoms with E-state index in [1.165, 1.54) is 17.0 Å². The Morgan fingerprint density at radius 3 is 2.82 bits per heavy atom. The first-order valence-electron chi connectivity index (χ1n) is 7.29. The van der Waals surface area contributed by atoms with E-state index in [2.05, 4.69) is 22.2 Å². The normalized spacial score (nSPS) is 21.0. The molecule has 0 saturated carbocycles. The summed E-state index contributed by atoms with van der Waals surface area (Å²) in [7, 11) is 0. The molecule has 2 heterocycles. The maximum atomic E-state index is 12.9. The Hall–Kier alpha value is -1.76. The fourth-order valence-corrected chi connectivity index (χ4v) is 3.24. The number of carbonyl (C=O) groups is 1. The van der Waals surface area contributed by atoms with Crippen molar-refractivity contribution in [1.29, 1.82) is 0 Å². The van der Waals surface area contributed by atoms with Gasteiger partial charge in [0.25, 0.3) is 0 Å². The Morgan fingerprint density at radius 2 is 2.09 bits per heavy atom. The van der Waals surface area contributed by atoms with Crippen LogP contribution in [0.15, 0.2) is 41.8 Å². The summed E-state index contributed by atoms with van der Waals surface area (Å²) >= 11 is 1.70. The maximum absolute atomic E-state index is 12.9. The lowest BCUT2D eigenvalue weighted by Gasteiger charge is -2.10. The third-order valence-electron chi connectivity index (χ3n) is 3.74. The van der Waals surface area contributed by atoms with Crippen molar-refractivity contribution in [3.05, 3.63) is 58.0 Å². The number of halogens is 1. The lowest BCUT2D eigenvalue weighted by molar-refractivity contribution is -0.122. The fraction of sp³-hybridized carbons (Fsp3) is 0.312. The summed E-state index contributed by atoms with van der Waals surface area (Å²) in [6, 6.07) is 10.2. The molecule has 1 fully saturated rings. The smallest absolute Gasteiger partial charge is 0.238 e. The summed E-state index contributed by atoms with van der Waals surface area (Å²) in [5, 5.41) is 4.98. The number of benzene rings is 1. The SMILES string of the molecule is O=C(NCCc1cccs1)C1CC(c2ccc(F)cc2)NN1. The predicted molar refractivity (Wildman–Crippen MR) is 84.9 cm³/mol. The molecule has 3 N–H and O–H groups in total. The minimum absolute atomic E-state index is 0.00586. The lowest BCUT2D eigenvalue weighted by Crippen LogP contribution is -2.43. The van der Waals surface area contributed by atoms with Crippen molar-refractivity contribution in [2.24, 2.45) is 0 Å². The standard InChI is InChI=1S/C16H18FN3OS/c17-12-5-3-11(4-6-12)14-10-15(20-19-14)16(21)18-8-7-13-2-1-9-22-13/h1-6,9,14-15,19-20H,7-8,10H2,(H,18,21). The summed E-state index contributed by atoms with van der Waals surface area (Å²) in [6.45, 7) is 0.638. The van der Waals surface area contributed by atoms with Crippen molar-refractivity contribution in [1.82, 2.24) is 16.2 Å². The van der Waals surface area contributed by atoms with Gasteiger partial charge in [0, 0.05) is 17.5 Å². The zero-order valence-corrected chi connectivity index (χ0v) is 12.8. The highest BCUT2D eigenvalue weighted by atomic mass is 32.1. The monoisotopic (exact) mass is 319 g/mol. The molecule has 2 aromatic rings. The minimum atomic E-state index is -0.265. The van der Waals surface area contributed by atoms with Crippen molar-refractivity contribution in [2.75, 3.05) is 6.54 Å². The number of nitrogens with one attached hydrogen (secondary N) is 3. The first kappa shape index (κ1) is 15.1. The second kappa shape index (κ2) is 7.00. The molecule has 2 unspecified atom stereocenters. The van der Waals surface area contributed by atoms with Crippen LogP contribution in [0, 0.1) is 5.82 Å². The molecule has 1 saturated heterocycles. The molecule has 0 aliphatic carbocycles. The van der Waals surface area contributed by atoms with Crippen LogP contribution in [0.5, 0.6) is 0 Å². The number of hydrogen-bond donors (Lipinski definition) is 3. The Labute approximate surface area is 132 Å². The molecule has 0 bridgehead atoms. The van der Waals surface area contributed by atoms with Gasteiger partial charge in [-0.25, -0.2) is 15.2 Å². The molecule has 1 aromatic carbocycles. The van der Waals surface area contributed by atoms with Crippen LogP contribution < -0.4 is 16.2 Å². The first-order valence-corrected chi connectivity index (χ1v) is 8.17. The Bertz CT molecular complexity index is 615. The third-order valence-corrected chi connectivity index (χ3v) is 4.68. The molecule has 22 heavy (non-hydrogen) atoms. The van der Waals surface area contributed by atoms with Crippen LogP contribution in [0.3, 0.4) is 0 Å². The van der Waals surface area contributed by atoms with Gasteiger partial charge in [-0.2, -0.15) is 0 Å². The quantitative estimate of drug-likeness (QED) is 0.791. The average Bonchev–Trinajstić information content (AvgIpc) is 3.19. The van der Waals surface area contributed by atoms with Crippen LogP contribution in [-0.4, -0.2) is 18.5 Å². The highest BCUT2D eigenvalue weighted by Crippen LogP contribution is 2.22. The Kier molecular flexibility index (Phi) is 4.82. The number of hydrazine groups is 1. The summed E-state index contributed by atoms with van der Waals surface area (Å²) < 4.78 is 12.9. The molecule has 1 aromatic heterocycles. The molecule has 3 rings (SSSR count). The van der Waals surface area contributed by atoms with Crippen molar-refractivity contribution in [3.63, 3.8) is 0 Å². The van der Waals surface area contributed by atoms with Crippen LogP contribution in [-0.2, 0) is 11.2 Å². The van der Waals surface area contributed by atoms with Gasteiger partial charge in [-0.15, -0.1) is 11.3 Å². The molecule has 1 aliphatic rings. The summed E-state index contributed by atoms with van der Waals surface area (Å²) in [5.41, 5.74) is 7.08. The predicted octanol–water partition coefficient (Wildman–Crippen LogP) is 2.15. The van der Waals surface area contributed by atoms with Gasteiger partial charge in [-0.1, -0.05) is 18.2 Å². The number of rotatable bonds is 5. The molecule has 6 heteroatoms. The van der Waals surface area contributed by atoms with Gasteiger partial charge < -0.3 is 5.32 Å². The number of thiophene rings is 1. The van der Waals surface area contributed by atoms with E-state index >= 15 is 0 Å². The van der Waals surface area contributed by atoms with E-state index in [-0.39, 0.29) is 23.8 Å². The van der Waals surface area contributed by atoms with E-state index in [9.17, 15) is 9.18 Å². The third kappa shape index (κ3) is 3.71. The number of hydrogen-bond acceptors (Lipinski definition) is 4. The zero-order valence-electron chi connectivity index (χ0n) is 12.0. The van der Waals surface area contributed by atoms with Gasteiger partial charge in [0.1, 0.15) is 11.9 Å². The van der Waals surface area contributed by atoms with Crippen molar-refractivity contribution >= 4 is 17.2 Å². The Morgan fingerprint density at radius 1 is 1.27 bits per heavy atom. The topological polar surface area (TPSA) is 53.2 Å². The van der Waals surface area contributed by atoms with Crippen molar-refractivity contribution < 1.29 is 9.18 Å². The average molecular weight is 319 g/mol. The molecule has 116 valence electrons. The van der Waals surface area contributed by atoms with Crippen LogP contribution in [0.4, 0.5) is 4.39 Å². The van der Waals surface area contributed by atoms with E-state index in [0.29, 0.717) is 13.0 Å². The number of carbonyl (C=O) groups excluding carboxylic acids is 1. The Balaban J connectivity index is 1.47. The summed E-state index contributed by atoms with van der Waals surface area (Å²) in [4.78, 5) is 13.4. The summed E-state index contributed by atoms with van der Waals surface area (Å²) in [5.74, 6) is -0.258. The highest BCUT2D eigenvalue weighted by molar-refractivity contribution is 7.09. The second-order valence-corrected chi connectivity index (χ2v) is 6.33. The molecule has 4 nitrogen and oxygen atoms in total. The lowest BCUT2D eigenvalue weighted by atomic mass is 10.0. The molecule has 0 spiro atoms. The van der Waals surface area contributed by atoms with Gasteiger partial charge in [0.05, 0.1) is 0 Å². The van der Waals surface area contributed by atoms with E-state index in [1.807, 2.05) is 11.4 Å². The van der Waals surface area contributed by atoms with Crippen molar-refractivity contribution in [2.45, 2.75) is 24.9 Å². The van der Waals surface area contributed by atoms with E-state index in [1.54, 1.807) is 23.5 Å². The van der Waals surface area contributed by atoms with Gasteiger partial charge in [-0.3, -0.25) is 4.79 Å². The molecule has 2 atom stereocenters. The minimum Gasteiger partial charge on any atom is -0.354 e. The second-order valence-electron chi connectivity index (χ2n) is 5.30. The maximum Gasteiger partial charge on any atom is 0.238 e. The molecule has 0 radical (unpaired) electrons. The molecule has 1 aliphatic heterocycles. The van der Waals surface area contributed by atoms with Gasteiger partial charge in [0.15, 0.2) is 0 Å². The van der Waals surface area contributed by atoms with Crippen LogP contribution in [0.25, 0.3) is 0 Å². The van der Waals surface area contributed by atoms with Crippen LogP contribution >= 0.6 is 11.3 Å². The summed E-state index contributed by atoms with van der Waals surface area (Å²) in [6.07, 6.45) is 1.50. The largest absolute Gasteiger partial charge is 0.354 e. The molecule has 1 amide bonds. The highest BCUT2D eigenvalue weighted by Gasteiger charge is 2.29. The van der Waals surface area contributed by atoms with Gasteiger partial charge in [0.2, 0.25) is 5.91 Å². The van der Waals surface area contributed by atoms with Crippen LogP contribution in [0.2, 0.25) is 0 Å².